The van der Waals surface area contributed by atoms with E-state index in [1.807, 2.05) is 6.92 Å². The van der Waals surface area contributed by atoms with Crippen molar-refractivity contribution in [3.63, 3.8) is 0 Å². The molecule has 0 heterocycles. The third-order valence-electron chi connectivity index (χ3n) is 1.13. The number of amides is 2. The first-order valence-corrected chi connectivity index (χ1v) is 4.89. The summed E-state index contributed by atoms with van der Waals surface area (Å²) >= 11 is 1.32. The lowest BCUT2D eigenvalue weighted by Crippen LogP contribution is -2.41. The monoisotopic (exact) mass is 206 g/mol. The second-order valence-corrected chi connectivity index (χ2v) is 3.96. The summed E-state index contributed by atoms with van der Waals surface area (Å²) in [5, 5.41) is 8.67. The van der Waals surface area contributed by atoms with E-state index in [2.05, 4.69) is 10.9 Å². The van der Waals surface area contributed by atoms with Crippen LogP contribution in [0.1, 0.15) is 13.8 Å². The molecule has 1 unspecified atom stereocenters. The molecule has 0 aromatic carbocycles. The average molecular weight is 206 g/mol. The van der Waals surface area contributed by atoms with Gasteiger partial charge >= 0.3 is 0 Å². The second-order valence-electron chi connectivity index (χ2n) is 2.53. The van der Waals surface area contributed by atoms with Crippen LogP contribution < -0.4 is 10.9 Å². The van der Waals surface area contributed by atoms with Crippen molar-refractivity contribution in [2.45, 2.75) is 19.1 Å². The molecule has 0 aliphatic carbocycles. The van der Waals surface area contributed by atoms with E-state index in [4.69, 9.17) is 5.11 Å². The first-order chi connectivity index (χ1) is 6.06. The Morgan fingerprint density at radius 1 is 1.46 bits per heavy atom. The molecule has 0 aromatic rings. The maximum absolute atomic E-state index is 10.9. The molecule has 3 N–H and O–H groups in total. The first-order valence-electron chi connectivity index (χ1n) is 3.84. The summed E-state index contributed by atoms with van der Waals surface area (Å²) in [6, 6.07) is 0. The number of carbonyl (C=O) groups excluding carboxylic acids is 2. The Bertz CT molecular complexity index is 187. The third-order valence-corrected chi connectivity index (χ3v) is 2.28. The molecule has 0 aliphatic rings. The average Bonchev–Trinajstić information content (AvgIpc) is 2.10. The normalized spacial score (nSPS) is 11.9. The van der Waals surface area contributed by atoms with E-state index in [-0.39, 0.29) is 29.4 Å². The molecule has 0 aliphatic heterocycles. The molecule has 0 saturated carbocycles. The van der Waals surface area contributed by atoms with Crippen LogP contribution >= 0.6 is 11.8 Å². The predicted octanol–water partition coefficient (Wildman–Crippen LogP) is -0.732. The molecule has 0 aromatic heterocycles. The molecule has 0 bridgehead atoms. The summed E-state index contributed by atoms with van der Waals surface area (Å²) < 4.78 is 0. The molecule has 0 saturated heterocycles. The summed E-state index contributed by atoms with van der Waals surface area (Å²) in [6.07, 6.45) is 0. The zero-order chi connectivity index (χ0) is 10.3. The molecule has 13 heavy (non-hydrogen) atoms. The zero-order valence-corrected chi connectivity index (χ0v) is 8.48. The Labute approximate surface area is 81.2 Å². The molecule has 76 valence electrons. The fraction of sp³-hybridized carbons (Fsp3) is 0.714. The molecular weight excluding hydrogens is 192 g/mol. The number of rotatable bonds is 4. The van der Waals surface area contributed by atoms with Gasteiger partial charge in [-0.15, -0.1) is 11.8 Å². The molecule has 0 spiro atoms. The van der Waals surface area contributed by atoms with E-state index in [1.54, 1.807) is 0 Å². The number of aliphatic hydroxyl groups is 1. The Morgan fingerprint density at radius 2 is 2.08 bits per heavy atom. The van der Waals surface area contributed by atoms with Crippen LogP contribution in [0.2, 0.25) is 0 Å². The number of hydrogen-bond donors (Lipinski definition) is 3. The maximum Gasteiger partial charge on any atom is 0.248 e. The van der Waals surface area contributed by atoms with E-state index in [0.29, 0.717) is 0 Å². The van der Waals surface area contributed by atoms with E-state index in [0.717, 1.165) is 0 Å². The minimum atomic E-state index is -0.312. The van der Waals surface area contributed by atoms with E-state index in [1.165, 1.54) is 18.7 Å². The van der Waals surface area contributed by atoms with Gasteiger partial charge in [-0.05, 0) is 0 Å². The Kier molecular flexibility index (Phi) is 6.34. The fourth-order valence-corrected chi connectivity index (χ4v) is 1.08. The van der Waals surface area contributed by atoms with Crippen molar-refractivity contribution in [1.82, 2.24) is 10.9 Å². The number of thioether (sulfide) groups is 1. The first kappa shape index (κ1) is 12.2. The van der Waals surface area contributed by atoms with Gasteiger partial charge < -0.3 is 5.11 Å². The van der Waals surface area contributed by atoms with Gasteiger partial charge in [-0.2, -0.15) is 0 Å². The highest BCUT2D eigenvalue weighted by atomic mass is 32.2. The highest BCUT2D eigenvalue weighted by Gasteiger charge is 2.05. The van der Waals surface area contributed by atoms with Gasteiger partial charge in [-0.3, -0.25) is 20.4 Å². The molecule has 6 heteroatoms. The maximum atomic E-state index is 10.9. The van der Waals surface area contributed by atoms with Crippen molar-refractivity contribution in [2.75, 3.05) is 12.4 Å². The van der Waals surface area contributed by atoms with E-state index < -0.39 is 0 Å². The molecule has 2 amide bonds. The van der Waals surface area contributed by atoms with Crippen LogP contribution in [0, 0.1) is 0 Å². The van der Waals surface area contributed by atoms with Crippen LogP contribution in [-0.4, -0.2) is 34.5 Å². The van der Waals surface area contributed by atoms with Crippen molar-refractivity contribution in [3.8, 4) is 0 Å². The second kappa shape index (κ2) is 6.73. The van der Waals surface area contributed by atoms with Crippen molar-refractivity contribution in [1.29, 1.82) is 0 Å². The van der Waals surface area contributed by atoms with Crippen molar-refractivity contribution in [2.24, 2.45) is 0 Å². The highest BCUT2D eigenvalue weighted by Crippen LogP contribution is 2.07. The van der Waals surface area contributed by atoms with Crippen molar-refractivity contribution >= 4 is 23.6 Å². The summed E-state index contributed by atoms with van der Waals surface area (Å²) in [6.45, 7) is 3.16. The number of aliphatic hydroxyl groups excluding tert-OH is 1. The number of hydrazine groups is 1. The van der Waals surface area contributed by atoms with Gasteiger partial charge in [0.15, 0.2) is 0 Å². The SMILES string of the molecule is CC(=O)NNC(=O)CSC(C)CO. The molecule has 0 fully saturated rings. The summed E-state index contributed by atoms with van der Waals surface area (Å²) in [7, 11) is 0. The Morgan fingerprint density at radius 3 is 2.54 bits per heavy atom. The minimum Gasteiger partial charge on any atom is -0.395 e. The quantitative estimate of drug-likeness (QED) is 0.530. The summed E-state index contributed by atoms with van der Waals surface area (Å²) in [4.78, 5) is 21.3. The van der Waals surface area contributed by atoms with Crippen LogP contribution in [0.5, 0.6) is 0 Å². The van der Waals surface area contributed by atoms with Crippen LogP contribution in [-0.2, 0) is 9.59 Å². The molecule has 0 rings (SSSR count). The van der Waals surface area contributed by atoms with Gasteiger partial charge in [0.25, 0.3) is 0 Å². The fourth-order valence-electron chi connectivity index (χ4n) is 0.464. The Hall–Kier alpha value is -0.750. The van der Waals surface area contributed by atoms with E-state index >= 15 is 0 Å². The summed E-state index contributed by atoms with van der Waals surface area (Å²) in [5.74, 6) is -0.365. The third kappa shape index (κ3) is 7.61. The summed E-state index contributed by atoms with van der Waals surface area (Å²) in [5.41, 5.74) is 4.39. The number of nitrogens with one attached hydrogen (secondary N) is 2. The van der Waals surface area contributed by atoms with Crippen LogP contribution in [0.3, 0.4) is 0 Å². The predicted molar refractivity (Wildman–Crippen MR) is 51.0 cm³/mol. The van der Waals surface area contributed by atoms with Crippen LogP contribution in [0.4, 0.5) is 0 Å². The number of carbonyl (C=O) groups is 2. The van der Waals surface area contributed by atoms with Crippen LogP contribution in [0.25, 0.3) is 0 Å². The zero-order valence-electron chi connectivity index (χ0n) is 7.66. The largest absolute Gasteiger partial charge is 0.395 e. The van der Waals surface area contributed by atoms with Gasteiger partial charge in [-0.1, -0.05) is 6.92 Å². The molecule has 0 radical (unpaired) electrons. The Balaban J connectivity index is 3.46. The number of hydrogen-bond acceptors (Lipinski definition) is 4. The lowest BCUT2D eigenvalue weighted by molar-refractivity contribution is -0.126. The van der Waals surface area contributed by atoms with Gasteiger partial charge in [0.1, 0.15) is 0 Å². The van der Waals surface area contributed by atoms with E-state index in [9.17, 15) is 9.59 Å². The standard InChI is InChI=1S/C7H14N2O3S/c1-5(3-10)13-4-7(12)9-8-6(2)11/h5,10H,3-4H2,1-2H3,(H,8,11)(H,9,12). The smallest absolute Gasteiger partial charge is 0.248 e. The van der Waals surface area contributed by atoms with Crippen LogP contribution in [0.15, 0.2) is 0 Å². The van der Waals surface area contributed by atoms with Gasteiger partial charge in [0, 0.05) is 12.2 Å². The highest BCUT2D eigenvalue weighted by molar-refractivity contribution is 8.00. The van der Waals surface area contributed by atoms with Gasteiger partial charge in [0.2, 0.25) is 11.8 Å². The topological polar surface area (TPSA) is 78.4 Å². The molecule has 1 atom stereocenters. The van der Waals surface area contributed by atoms with Gasteiger partial charge in [0.05, 0.1) is 12.4 Å². The molecule has 5 nitrogen and oxygen atoms in total. The molecular formula is C7H14N2O3S. The lowest BCUT2D eigenvalue weighted by atomic mass is 10.5. The van der Waals surface area contributed by atoms with Gasteiger partial charge in [-0.25, -0.2) is 0 Å². The lowest BCUT2D eigenvalue weighted by Gasteiger charge is -2.07. The minimum absolute atomic E-state index is 0.0306. The van der Waals surface area contributed by atoms with Crippen molar-refractivity contribution in [3.05, 3.63) is 0 Å². The van der Waals surface area contributed by atoms with Crippen molar-refractivity contribution < 1.29 is 14.7 Å².